The Bertz CT molecular complexity index is 731. The van der Waals surface area contributed by atoms with Crippen LogP contribution in [0.4, 0.5) is 0 Å². The highest BCUT2D eigenvalue weighted by Gasteiger charge is 2.11. The smallest absolute Gasteiger partial charge is 0.0491 e. The molecule has 3 nitrogen and oxygen atoms in total. The van der Waals surface area contributed by atoms with Gasteiger partial charge >= 0.3 is 0 Å². The van der Waals surface area contributed by atoms with E-state index in [-0.39, 0.29) is 0 Å². The Labute approximate surface area is 137 Å². The number of aryl methyl sites for hydroxylation is 1. The molecule has 1 N–H and O–H groups in total. The second-order valence-corrected chi connectivity index (χ2v) is 6.48. The van der Waals surface area contributed by atoms with Crippen molar-refractivity contribution in [3.05, 3.63) is 48.5 Å². The maximum absolute atomic E-state index is 3.42. The number of fused-ring (bicyclic) bond motifs is 3. The Morgan fingerprint density at radius 3 is 1.96 bits per heavy atom. The maximum Gasteiger partial charge on any atom is 0.0491 e. The molecule has 1 saturated heterocycles. The monoisotopic (exact) mass is 307 g/mol. The van der Waals surface area contributed by atoms with Gasteiger partial charge in [0.2, 0.25) is 0 Å². The Morgan fingerprint density at radius 1 is 0.739 bits per heavy atom. The number of benzene rings is 2. The first-order valence-corrected chi connectivity index (χ1v) is 8.82. The van der Waals surface area contributed by atoms with Crippen LogP contribution in [0.1, 0.15) is 12.8 Å². The van der Waals surface area contributed by atoms with Gasteiger partial charge in [-0.3, -0.25) is 0 Å². The molecular weight excluding hydrogens is 282 g/mol. The third-order valence-corrected chi connectivity index (χ3v) is 5.00. The van der Waals surface area contributed by atoms with Gasteiger partial charge in [0, 0.05) is 54.5 Å². The number of unbranched alkanes of at least 4 members (excludes halogenated alkanes) is 1. The SMILES string of the molecule is c1ccc2c(c1)c1ccccc1n2CCCCN1CCNCC1. The van der Waals surface area contributed by atoms with Gasteiger partial charge in [0.05, 0.1) is 0 Å². The molecule has 0 saturated carbocycles. The summed E-state index contributed by atoms with van der Waals surface area (Å²) in [7, 11) is 0. The lowest BCUT2D eigenvalue weighted by Crippen LogP contribution is -2.43. The number of rotatable bonds is 5. The molecule has 0 radical (unpaired) electrons. The van der Waals surface area contributed by atoms with E-state index < -0.39 is 0 Å². The molecule has 2 heterocycles. The summed E-state index contributed by atoms with van der Waals surface area (Å²) in [5, 5.41) is 6.18. The molecule has 0 amide bonds. The Kier molecular flexibility index (Phi) is 4.31. The van der Waals surface area contributed by atoms with Crippen molar-refractivity contribution in [1.29, 1.82) is 0 Å². The van der Waals surface area contributed by atoms with Crippen LogP contribution in [0.25, 0.3) is 21.8 Å². The van der Waals surface area contributed by atoms with Gasteiger partial charge in [0.15, 0.2) is 0 Å². The molecule has 0 unspecified atom stereocenters. The Hall–Kier alpha value is -1.84. The molecule has 2 aromatic carbocycles. The zero-order chi connectivity index (χ0) is 15.5. The van der Waals surface area contributed by atoms with E-state index in [0.29, 0.717) is 0 Å². The number of para-hydroxylation sites is 2. The van der Waals surface area contributed by atoms with Crippen LogP contribution in [-0.2, 0) is 6.54 Å². The quantitative estimate of drug-likeness (QED) is 0.728. The highest BCUT2D eigenvalue weighted by Crippen LogP contribution is 2.28. The van der Waals surface area contributed by atoms with Gasteiger partial charge in [-0.2, -0.15) is 0 Å². The van der Waals surface area contributed by atoms with Gasteiger partial charge in [-0.15, -0.1) is 0 Å². The van der Waals surface area contributed by atoms with E-state index in [1.807, 2.05) is 0 Å². The molecule has 0 atom stereocenters. The highest BCUT2D eigenvalue weighted by atomic mass is 15.2. The van der Waals surface area contributed by atoms with Crippen LogP contribution in [0.2, 0.25) is 0 Å². The van der Waals surface area contributed by atoms with Crippen LogP contribution in [0.3, 0.4) is 0 Å². The minimum atomic E-state index is 1.11. The van der Waals surface area contributed by atoms with E-state index in [0.717, 1.165) is 19.6 Å². The minimum absolute atomic E-state index is 1.11. The van der Waals surface area contributed by atoms with Crippen molar-refractivity contribution in [2.75, 3.05) is 32.7 Å². The Morgan fingerprint density at radius 2 is 1.30 bits per heavy atom. The lowest BCUT2D eigenvalue weighted by Gasteiger charge is -2.27. The molecule has 4 rings (SSSR count). The lowest BCUT2D eigenvalue weighted by molar-refractivity contribution is 0.235. The van der Waals surface area contributed by atoms with Crippen molar-refractivity contribution in [3.8, 4) is 0 Å². The van der Waals surface area contributed by atoms with Crippen LogP contribution >= 0.6 is 0 Å². The van der Waals surface area contributed by atoms with Crippen LogP contribution in [0.15, 0.2) is 48.5 Å². The predicted octanol–water partition coefficient (Wildman–Crippen LogP) is 3.48. The van der Waals surface area contributed by atoms with Crippen molar-refractivity contribution in [1.82, 2.24) is 14.8 Å². The van der Waals surface area contributed by atoms with Crippen molar-refractivity contribution in [3.63, 3.8) is 0 Å². The normalized spacial score (nSPS) is 16.3. The summed E-state index contributed by atoms with van der Waals surface area (Å²) in [6.45, 7) is 7.05. The summed E-state index contributed by atoms with van der Waals surface area (Å²) in [6.07, 6.45) is 2.52. The first kappa shape index (κ1) is 14.7. The average Bonchev–Trinajstić information content (AvgIpc) is 2.94. The number of aromatic nitrogens is 1. The first-order chi connectivity index (χ1) is 11.4. The average molecular weight is 307 g/mol. The fourth-order valence-electron chi connectivity index (χ4n) is 3.78. The fourth-order valence-corrected chi connectivity index (χ4v) is 3.78. The second-order valence-electron chi connectivity index (χ2n) is 6.48. The predicted molar refractivity (Wildman–Crippen MR) is 98.0 cm³/mol. The third-order valence-electron chi connectivity index (χ3n) is 5.00. The second kappa shape index (κ2) is 6.73. The van der Waals surface area contributed by atoms with E-state index >= 15 is 0 Å². The molecular formula is C20H25N3. The molecule has 120 valence electrons. The number of nitrogens with one attached hydrogen (secondary N) is 1. The minimum Gasteiger partial charge on any atom is -0.340 e. The Balaban J connectivity index is 1.49. The summed E-state index contributed by atoms with van der Waals surface area (Å²) in [6, 6.07) is 17.6. The van der Waals surface area contributed by atoms with E-state index in [1.54, 1.807) is 0 Å². The molecule has 0 spiro atoms. The topological polar surface area (TPSA) is 20.2 Å². The number of hydrogen-bond acceptors (Lipinski definition) is 2. The molecule has 0 bridgehead atoms. The number of hydrogen-bond donors (Lipinski definition) is 1. The first-order valence-electron chi connectivity index (χ1n) is 8.82. The van der Waals surface area contributed by atoms with Crippen molar-refractivity contribution in [2.24, 2.45) is 0 Å². The molecule has 23 heavy (non-hydrogen) atoms. The van der Waals surface area contributed by atoms with Crippen LogP contribution in [0, 0.1) is 0 Å². The van der Waals surface area contributed by atoms with Gasteiger partial charge in [-0.1, -0.05) is 36.4 Å². The van der Waals surface area contributed by atoms with Crippen molar-refractivity contribution < 1.29 is 0 Å². The molecule has 1 aromatic heterocycles. The lowest BCUT2D eigenvalue weighted by atomic mass is 10.2. The molecule has 1 aliphatic rings. The summed E-state index contributed by atoms with van der Waals surface area (Å²) in [5.41, 5.74) is 2.74. The molecule has 1 aliphatic heterocycles. The molecule has 3 aromatic rings. The molecule has 0 aliphatic carbocycles. The van der Waals surface area contributed by atoms with Gasteiger partial charge < -0.3 is 14.8 Å². The van der Waals surface area contributed by atoms with E-state index in [4.69, 9.17) is 0 Å². The highest BCUT2D eigenvalue weighted by molar-refractivity contribution is 6.07. The van der Waals surface area contributed by atoms with Crippen LogP contribution < -0.4 is 5.32 Å². The number of nitrogens with zero attached hydrogens (tertiary/aromatic N) is 2. The van der Waals surface area contributed by atoms with E-state index in [1.165, 1.54) is 54.3 Å². The van der Waals surface area contributed by atoms with Crippen molar-refractivity contribution >= 4 is 21.8 Å². The van der Waals surface area contributed by atoms with Gasteiger partial charge in [0.1, 0.15) is 0 Å². The van der Waals surface area contributed by atoms with E-state index in [9.17, 15) is 0 Å². The summed E-state index contributed by atoms with van der Waals surface area (Å²) >= 11 is 0. The molecule has 3 heteroatoms. The fraction of sp³-hybridized carbons (Fsp3) is 0.400. The zero-order valence-electron chi connectivity index (χ0n) is 13.7. The number of piperazine rings is 1. The van der Waals surface area contributed by atoms with Crippen LogP contribution in [-0.4, -0.2) is 42.2 Å². The summed E-state index contributed by atoms with van der Waals surface area (Å²) < 4.78 is 2.50. The summed E-state index contributed by atoms with van der Waals surface area (Å²) in [4.78, 5) is 2.59. The largest absolute Gasteiger partial charge is 0.340 e. The third kappa shape index (κ3) is 2.99. The van der Waals surface area contributed by atoms with Crippen LogP contribution in [0.5, 0.6) is 0 Å². The molecule has 1 fully saturated rings. The summed E-state index contributed by atoms with van der Waals surface area (Å²) in [5.74, 6) is 0. The van der Waals surface area contributed by atoms with Crippen molar-refractivity contribution in [2.45, 2.75) is 19.4 Å². The van der Waals surface area contributed by atoms with Gasteiger partial charge in [-0.05, 0) is 31.5 Å². The zero-order valence-corrected chi connectivity index (χ0v) is 13.7. The maximum atomic E-state index is 3.42. The van der Waals surface area contributed by atoms with Gasteiger partial charge in [0.25, 0.3) is 0 Å². The van der Waals surface area contributed by atoms with E-state index in [2.05, 4.69) is 63.3 Å². The standard InChI is InChI=1S/C20H25N3/c1-3-9-19-17(7-1)18-8-2-4-10-20(18)23(19)14-6-5-13-22-15-11-21-12-16-22/h1-4,7-10,21H,5-6,11-16H2. The van der Waals surface area contributed by atoms with Gasteiger partial charge in [-0.25, -0.2) is 0 Å².